The lowest BCUT2D eigenvalue weighted by molar-refractivity contribution is -0.143. The number of aliphatic carboxylic acids is 1. The van der Waals surface area contributed by atoms with E-state index >= 15 is 0 Å². The summed E-state index contributed by atoms with van der Waals surface area (Å²) in [5.41, 5.74) is -0.918. The first-order chi connectivity index (χ1) is 8.33. The molecule has 0 atom stereocenters. The number of halogens is 2. The van der Waals surface area contributed by atoms with E-state index in [0.717, 1.165) is 10.6 Å². The summed E-state index contributed by atoms with van der Waals surface area (Å²) in [7, 11) is 0. The van der Waals surface area contributed by atoms with E-state index in [1.807, 2.05) is 0 Å². The molecular weight excluding hydrogens is 293 g/mol. The van der Waals surface area contributed by atoms with Crippen molar-refractivity contribution in [3.8, 4) is 0 Å². The van der Waals surface area contributed by atoms with E-state index in [2.05, 4.69) is 5.32 Å². The van der Waals surface area contributed by atoms with Gasteiger partial charge in [-0.15, -0.1) is 11.8 Å². The normalized spacial score (nSPS) is 11.6. The molecule has 2 N–H and O–H groups in total. The maximum atomic E-state index is 10.9. The van der Waals surface area contributed by atoms with Gasteiger partial charge in [-0.1, -0.05) is 23.2 Å². The predicted octanol–water partition coefficient (Wildman–Crippen LogP) is 3.54. The van der Waals surface area contributed by atoms with Gasteiger partial charge in [0.05, 0.1) is 5.02 Å². The summed E-state index contributed by atoms with van der Waals surface area (Å²) in [4.78, 5) is 11.8. The summed E-state index contributed by atoms with van der Waals surface area (Å²) >= 11 is 13.4. The van der Waals surface area contributed by atoms with Crippen LogP contribution in [0.4, 0.5) is 0 Å². The second-order valence-electron chi connectivity index (χ2n) is 4.28. The first kappa shape index (κ1) is 15.6. The quantitative estimate of drug-likeness (QED) is 0.623. The number of hydrogen-bond donors (Lipinski definition) is 2. The Morgan fingerprint density at radius 3 is 2.72 bits per heavy atom. The zero-order valence-corrected chi connectivity index (χ0v) is 12.5. The molecule has 0 saturated heterocycles. The van der Waals surface area contributed by atoms with Crippen molar-refractivity contribution < 1.29 is 9.90 Å². The van der Waals surface area contributed by atoms with E-state index in [-0.39, 0.29) is 0 Å². The summed E-state index contributed by atoms with van der Waals surface area (Å²) in [6.07, 6.45) is 0. The molecule has 18 heavy (non-hydrogen) atoms. The van der Waals surface area contributed by atoms with Gasteiger partial charge in [0.2, 0.25) is 0 Å². The highest BCUT2D eigenvalue weighted by Crippen LogP contribution is 2.29. The Morgan fingerprint density at radius 1 is 1.44 bits per heavy atom. The van der Waals surface area contributed by atoms with Crippen LogP contribution in [0.5, 0.6) is 0 Å². The molecule has 1 aromatic rings. The molecule has 0 amide bonds. The molecule has 1 rings (SSSR count). The lowest BCUT2D eigenvalue weighted by Gasteiger charge is -2.20. The van der Waals surface area contributed by atoms with Gasteiger partial charge < -0.3 is 10.4 Å². The average Bonchev–Trinajstić information content (AvgIpc) is 2.28. The summed E-state index contributed by atoms with van der Waals surface area (Å²) in [5.74, 6) is -0.148. The standard InChI is InChI=1S/C12H15Cl2NO2S/c1-12(2,11(16)17)15-5-6-18-10-7-8(13)3-4-9(10)14/h3-4,7,15H,5-6H2,1-2H3,(H,16,17). The summed E-state index contributed by atoms with van der Waals surface area (Å²) in [6.45, 7) is 3.84. The van der Waals surface area contributed by atoms with Crippen LogP contribution in [-0.2, 0) is 4.79 Å². The summed E-state index contributed by atoms with van der Waals surface area (Å²) in [6, 6.07) is 5.29. The lowest BCUT2D eigenvalue weighted by atomic mass is 10.1. The third kappa shape index (κ3) is 4.69. The summed E-state index contributed by atoms with van der Waals surface area (Å²) in [5, 5.41) is 13.2. The maximum absolute atomic E-state index is 10.9. The van der Waals surface area contributed by atoms with Gasteiger partial charge in [-0.2, -0.15) is 0 Å². The highest BCUT2D eigenvalue weighted by molar-refractivity contribution is 7.99. The second-order valence-corrected chi connectivity index (χ2v) is 6.26. The number of carboxylic acid groups (broad SMARTS) is 1. The number of benzene rings is 1. The molecule has 0 heterocycles. The van der Waals surface area contributed by atoms with E-state index in [0.29, 0.717) is 16.6 Å². The Bertz CT molecular complexity index is 438. The van der Waals surface area contributed by atoms with Crippen molar-refractivity contribution in [3.63, 3.8) is 0 Å². The van der Waals surface area contributed by atoms with Crippen molar-refractivity contribution in [2.24, 2.45) is 0 Å². The van der Waals surface area contributed by atoms with E-state index < -0.39 is 11.5 Å². The fourth-order valence-electron chi connectivity index (χ4n) is 1.19. The smallest absolute Gasteiger partial charge is 0.323 e. The largest absolute Gasteiger partial charge is 0.480 e. The van der Waals surface area contributed by atoms with Crippen molar-refractivity contribution in [1.82, 2.24) is 5.32 Å². The Labute approximate surface area is 121 Å². The molecule has 0 saturated carbocycles. The highest BCUT2D eigenvalue weighted by Gasteiger charge is 2.25. The Balaban J connectivity index is 2.43. The molecular formula is C12H15Cl2NO2S. The average molecular weight is 308 g/mol. The number of rotatable bonds is 6. The van der Waals surface area contributed by atoms with Crippen molar-refractivity contribution >= 4 is 40.9 Å². The molecule has 0 aliphatic rings. The van der Waals surface area contributed by atoms with Gasteiger partial charge in [-0.3, -0.25) is 4.79 Å². The van der Waals surface area contributed by atoms with Gasteiger partial charge in [0.1, 0.15) is 5.54 Å². The van der Waals surface area contributed by atoms with E-state index in [4.69, 9.17) is 28.3 Å². The number of carboxylic acids is 1. The first-order valence-corrected chi connectivity index (χ1v) is 7.13. The minimum atomic E-state index is -0.918. The van der Waals surface area contributed by atoms with Crippen molar-refractivity contribution in [2.75, 3.05) is 12.3 Å². The number of nitrogens with one attached hydrogen (secondary N) is 1. The van der Waals surface area contributed by atoms with E-state index in [1.54, 1.807) is 43.8 Å². The third-order valence-corrected chi connectivity index (χ3v) is 4.09. The van der Waals surface area contributed by atoms with E-state index in [9.17, 15) is 4.79 Å². The summed E-state index contributed by atoms with van der Waals surface area (Å²) < 4.78 is 0. The zero-order chi connectivity index (χ0) is 13.8. The minimum absolute atomic E-state index is 0.576. The highest BCUT2D eigenvalue weighted by atomic mass is 35.5. The maximum Gasteiger partial charge on any atom is 0.323 e. The molecule has 0 radical (unpaired) electrons. The fraction of sp³-hybridized carbons (Fsp3) is 0.417. The predicted molar refractivity (Wildman–Crippen MR) is 76.9 cm³/mol. The lowest BCUT2D eigenvalue weighted by Crippen LogP contribution is -2.47. The third-order valence-electron chi connectivity index (χ3n) is 2.35. The van der Waals surface area contributed by atoms with Crippen molar-refractivity contribution in [2.45, 2.75) is 24.3 Å². The van der Waals surface area contributed by atoms with Gasteiger partial charge in [0.15, 0.2) is 0 Å². The van der Waals surface area contributed by atoms with Crippen LogP contribution >= 0.6 is 35.0 Å². The molecule has 100 valence electrons. The molecule has 3 nitrogen and oxygen atoms in total. The van der Waals surface area contributed by atoms with Crippen LogP contribution in [0, 0.1) is 0 Å². The van der Waals surface area contributed by atoms with Gasteiger partial charge in [0, 0.05) is 22.2 Å². The molecule has 1 aromatic carbocycles. The Hall–Kier alpha value is -0.420. The first-order valence-electron chi connectivity index (χ1n) is 5.39. The molecule has 0 fully saturated rings. The number of hydrogen-bond acceptors (Lipinski definition) is 3. The molecule has 0 bridgehead atoms. The van der Waals surface area contributed by atoms with Gasteiger partial charge in [-0.05, 0) is 32.0 Å². The van der Waals surface area contributed by atoms with Gasteiger partial charge in [-0.25, -0.2) is 0 Å². The molecule has 0 unspecified atom stereocenters. The number of carbonyl (C=O) groups is 1. The minimum Gasteiger partial charge on any atom is -0.480 e. The fourth-order valence-corrected chi connectivity index (χ4v) is 2.55. The Morgan fingerprint density at radius 2 is 2.11 bits per heavy atom. The van der Waals surface area contributed by atoms with Crippen LogP contribution in [0.2, 0.25) is 10.0 Å². The SMILES string of the molecule is CC(C)(NCCSc1cc(Cl)ccc1Cl)C(=O)O. The molecule has 0 aliphatic heterocycles. The van der Waals surface area contributed by atoms with Crippen LogP contribution in [-0.4, -0.2) is 28.9 Å². The van der Waals surface area contributed by atoms with Crippen molar-refractivity contribution in [1.29, 1.82) is 0 Å². The van der Waals surface area contributed by atoms with Crippen LogP contribution in [0.25, 0.3) is 0 Å². The molecule has 0 aliphatic carbocycles. The Kier molecular flexibility index (Phi) is 5.79. The second kappa shape index (κ2) is 6.66. The topological polar surface area (TPSA) is 49.3 Å². The zero-order valence-electron chi connectivity index (χ0n) is 10.2. The van der Waals surface area contributed by atoms with Gasteiger partial charge in [0.25, 0.3) is 0 Å². The number of thioether (sulfide) groups is 1. The van der Waals surface area contributed by atoms with Crippen LogP contribution in [0.15, 0.2) is 23.1 Å². The molecule has 0 spiro atoms. The van der Waals surface area contributed by atoms with Gasteiger partial charge >= 0.3 is 5.97 Å². The van der Waals surface area contributed by atoms with E-state index in [1.165, 1.54) is 0 Å². The monoisotopic (exact) mass is 307 g/mol. The van der Waals surface area contributed by atoms with Crippen LogP contribution < -0.4 is 5.32 Å². The van der Waals surface area contributed by atoms with Crippen LogP contribution in [0.1, 0.15) is 13.8 Å². The van der Waals surface area contributed by atoms with Crippen molar-refractivity contribution in [3.05, 3.63) is 28.2 Å². The van der Waals surface area contributed by atoms with Crippen LogP contribution in [0.3, 0.4) is 0 Å². The molecule has 0 aromatic heterocycles. The molecule has 6 heteroatoms.